The van der Waals surface area contributed by atoms with Gasteiger partial charge in [-0.15, -0.1) is 0 Å². The Bertz CT molecular complexity index is 606. The van der Waals surface area contributed by atoms with Crippen LogP contribution < -0.4 is 5.73 Å². The van der Waals surface area contributed by atoms with Crippen molar-refractivity contribution in [1.82, 2.24) is 4.90 Å². The van der Waals surface area contributed by atoms with Gasteiger partial charge in [0, 0.05) is 5.02 Å². The predicted octanol–water partition coefficient (Wildman–Crippen LogP) is 3.27. The predicted molar refractivity (Wildman–Crippen MR) is 87.1 cm³/mol. The lowest BCUT2D eigenvalue weighted by Crippen LogP contribution is -2.50. The van der Waals surface area contributed by atoms with Gasteiger partial charge in [0.15, 0.2) is 0 Å². The van der Waals surface area contributed by atoms with E-state index in [2.05, 4.69) is 6.07 Å². The van der Waals surface area contributed by atoms with E-state index in [0.717, 1.165) is 18.4 Å². The number of nitrogens with zero attached hydrogens (tertiary/aromatic N) is 2. The van der Waals surface area contributed by atoms with Crippen LogP contribution in [0.15, 0.2) is 24.3 Å². The van der Waals surface area contributed by atoms with Gasteiger partial charge in [-0.1, -0.05) is 23.7 Å². The lowest BCUT2D eigenvalue weighted by molar-refractivity contribution is -0.137. The molecule has 1 saturated heterocycles. The number of amides is 1. The van der Waals surface area contributed by atoms with Crippen LogP contribution in [-0.2, 0) is 4.79 Å². The van der Waals surface area contributed by atoms with E-state index >= 15 is 0 Å². The number of nitriles is 1. The second kappa shape index (κ2) is 6.28. The third kappa shape index (κ3) is 3.11. The molecule has 1 aliphatic heterocycles. The minimum Gasteiger partial charge on any atom is -0.330 e. The van der Waals surface area contributed by atoms with E-state index in [1.807, 2.05) is 38.1 Å². The van der Waals surface area contributed by atoms with E-state index < -0.39 is 11.5 Å². The SMILES string of the molecule is C[C@@H](N)C(=O)N1C(c2cccc(Cl)c2)CCC1C(C)(C)C#N. The first-order valence-corrected chi connectivity index (χ1v) is 7.90. The molecule has 0 aromatic heterocycles. The zero-order valence-corrected chi connectivity index (χ0v) is 14.0. The number of carbonyl (C=O) groups is 1. The van der Waals surface area contributed by atoms with Gasteiger partial charge in [0.05, 0.1) is 29.6 Å². The Hall–Kier alpha value is -1.57. The van der Waals surface area contributed by atoms with Crippen LogP contribution in [0, 0.1) is 16.7 Å². The first-order chi connectivity index (χ1) is 10.3. The molecule has 0 bridgehead atoms. The topological polar surface area (TPSA) is 70.1 Å². The second-order valence-electron chi connectivity index (χ2n) is 6.53. The molecule has 2 rings (SSSR count). The summed E-state index contributed by atoms with van der Waals surface area (Å²) in [6.07, 6.45) is 1.60. The highest BCUT2D eigenvalue weighted by Crippen LogP contribution is 2.43. The molecule has 1 fully saturated rings. The van der Waals surface area contributed by atoms with Crippen molar-refractivity contribution in [2.24, 2.45) is 11.1 Å². The first-order valence-electron chi connectivity index (χ1n) is 7.52. The molecule has 118 valence electrons. The Morgan fingerprint density at radius 3 is 2.73 bits per heavy atom. The Kier molecular flexibility index (Phi) is 4.79. The largest absolute Gasteiger partial charge is 0.330 e. The van der Waals surface area contributed by atoms with Crippen LogP contribution in [-0.4, -0.2) is 22.9 Å². The number of hydrogen-bond acceptors (Lipinski definition) is 3. The van der Waals surface area contributed by atoms with Gasteiger partial charge >= 0.3 is 0 Å². The second-order valence-corrected chi connectivity index (χ2v) is 6.97. The maximum Gasteiger partial charge on any atom is 0.240 e. The normalized spacial score (nSPS) is 23.2. The zero-order chi connectivity index (χ0) is 16.5. The van der Waals surface area contributed by atoms with Crippen LogP contribution in [0.1, 0.15) is 45.2 Å². The molecule has 0 spiro atoms. The Morgan fingerprint density at radius 2 is 2.18 bits per heavy atom. The van der Waals surface area contributed by atoms with Crippen LogP contribution in [0.4, 0.5) is 0 Å². The summed E-state index contributed by atoms with van der Waals surface area (Å²) in [4.78, 5) is 14.5. The lowest BCUT2D eigenvalue weighted by Gasteiger charge is -2.37. The van der Waals surface area contributed by atoms with E-state index in [1.165, 1.54) is 0 Å². The van der Waals surface area contributed by atoms with Crippen molar-refractivity contribution in [2.75, 3.05) is 0 Å². The molecule has 2 N–H and O–H groups in total. The van der Waals surface area contributed by atoms with Gasteiger partial charge in [-0.05, 0) is 51.3 Å². The molecule has 1 aromatic carbocycles. The van der Waals surface area contributed by atoms with Gasteiger partial charge < -0.3 is 10.6 Å². The Morgan fingerprint density at radius 1 is 1.50 bits per heavy atom. The van der Waals surface area contributed by atoms with Crippen molar-refractivity contribution in [2.45, 2.75) is 51.7 Å². The summed E-state index contributed by atoms with van der Waals surface area (Å²) >= 11 is 6.09. The number of hydrogen-bond donors (Lipinski definition) is 1. The molecule has 5 heteroatoms. The van der Waals surface area contributed by atoms with Crippen LogP contribution in [0.3, 0.4) is 0 Å². The highest BCUT2D eigenvalue weighted by molar-refractivity contribution is 6.30. The fourth-order valence-corrected chi connectivity index (χ4v) is 3.38. The fourth-order valence-electron chi connectivity index (χ4n) is 3.18. The molecule has 22 heavy (non-hydrogen) atoms. The van der Waals surface area contributed by atoms with Crippen molar-refractivity contribution >= 4 is 17.5 Å². The summed E-state index contributed by atoms with van der Waals surface area (Å²) in [5.41, 5.74) is 6.22. The molecule has 0 radical (unpaired) electrons. The Labute approximate surface area is 136 Å². The van der Waals surface area contributed by atoms with Crippen LogP contribution in [0.25, 0.3) is 0 Å². The van der Waals surface area contributed by atoms with Gasteiger partial charge in [0.1, 0.15) is 0 Å². The minimum atomic E-state index is -0.613. The molecule has 4 nitrogen and oxygen atoms in total. The molecule has 0 aliphatic carbocycles. The lowest BCUT2D eigenvalue weighted by atomic mass is 9.84. The van der Waals surface area contributed by atoms with E-state index in [9.17, 15) is 10.1 Å². The first kappa shape index (κ1) is 16.8. The van der Waals surface area contributed by atoms with Gasteiger partial charge in [-0.25, -0.2) is 0 Å². The van der Waals surface area contributed by atoms with E-state index in [1.54, 1.807) is 11.8 Å². The fraction of sp³-hybridized carbons (Fsp3) is 0.529. The summed E-state index contributed by atoms with van der Waals surface area (Å²) in [6, 6.07) is 9.08. The smallest absolute Gasteiger partial charge is 0.240 e. The third-order valence-corrected chi connectivity index (χ3v) is 4.62. The van der Waals surface area contributed by atoms with E-state index in [-0.39, 0.29) is 18.0 Å². The van der Waals surface area contributed by atoms with Crippen molar-refractivity contribution in [3.63, 3.8) is 0 Å². The summed E-state index contributed by atoms with van der Waals surface area (Å²) in [7, 11) is 0. The number of likely N-dealkylation sites (tertiary alicyclic amines) is 1. The minimum absolute atomic E-state index is 0.0742. The standard InChI is InChI=1S/C17H22ClN3O/c1-11(20)16(22)21-14(12-5-4-6-13(18)9-12)7-8-15(21)17(2,3)10-19/h4-6,9,11,14-15H,7-8,20H2,1-3H3/t11-,14?,15?/m1/s1. The van der Waals surface area contributed by atoms with Crippen molar-refractivity contribution in [3.05, 3.63) is 34.9 Å². The van der Waals surface area contributed by atoms with Crippen LogP contribution in [0.5, 0.6) is 0 Å². The number of halogens is 1. The van der Waals surface area contributed by atoms with E-state index in [0.29, 0.717) is 5.02 Å². The van der Waals surface area contributed by atoms with Crippen molar-refractivity contribution in [1.29, 1.82) is 5.26 Å². The molecule has 1 aromatic rings. The molecule has 1 aliphatic rings. The zero-order valence-electron chi connectivity index (χ0n) is 13.2. The quantitative estimate of drug-likeness (QED) is 0.929. The van der Waals surface area contributed by atoms with Crippen molar-refractivity contribution < 1.29 is 4.79 Å². The molecular weight excluding hydrogens is 298 g/mol. The van der Waals surface area contributed by atoms with Crippen molar-refractivity contribution in [3.8, 4) is 6.07 Å². The summed E-state index contributed by atoms with van der Waals surface area (Å²) in [6.45, 7) is 5.44. The number of nitrogens with two attached hydrogens (primary N) is 1. The summed E-state index contributed by atoms with van der Waals surface area (Å²) < 4.78 is 0. The Balaban J connectivity index is 2.43. The maximum atomic E-state index is 12.6. The van der Waals surface area contributed by atoms with E-state index in [4.69, 9.17) is 17.3 Å². The van der Waals surface area contributed by atoms with Crippen LogP contribution >= 0.6 is 11.6 Å². The molecule has 3 atom stereocenters. The summed E-state index contributed by atoms with van der Waals surface area (Å²) in [5.74, 6) is -0.115. The molecule has 1 amide bonds. The number of rotatable bonds is 3. The third-order valence-electron chi connectivity index (χ3n) is 4.38. The van der Waals surface area contributed by atoms with Gasteiger partial charge in [0.25, 0.3) is 0 Å². The monoisotopic (exact) mass is 319 g/mol. The van der Waals surface area contributed by atoms with Gasteiger partial charge in [-0.3, -0.25) is 4.79 Å². The highest BCUT2D eigenvalue weighted by Gasteiger charge is 2.45. The average molecular weight is 320 g/mol. The van der Waals surface area contributed by atoms with Gasteiger partial charge in [0.2, 0.25) is 5.91 Å². The molecule has 0 saturated carbocycles. The number of carbonyl (C=O) groups excluding carboxylic acids is 1. The van der Waals surface area contributed by atoms with Crippen LogP contribution in [0.2, 0.25) is 5.02 Å². The molecule has 2 unspecified atom stereocenters. The molecular formula is C17H22ClN3O. The molecule has 1 heterocycles. The number of benzene rings is 1. The highest BCUT2D eigenvalue weighted by atomic mass is 35.5. The van der Waals surface area contributed by atoms with Gasteiger partial charge in [-0.2, -0.15) is 5.26 Å². The summed E-state index contributed by atoms with van der Waals surface area (Å²) in [5, 5.41) is 10.1. The average Bonchev–Trinajstić information content (AvgIpc) is 2.91. The maximum absolute atomic E-state index is 12.6.